The monoisotopic (exact) mass is 227 g/mol. The third-order valence-corrected chi connectivity index (χ3v) is 3.10. The Morgan fingerprint density at radius 2 is 2.07 bits per heavy atom. The maximum Gasteiger partial charge on any atom is 0.179 e. The number of hydrogen-bond acceptors (Lipinski definition) is 3. The molecule has 82 valence electrons. The lowest BCUT2D eigenvalue weighted by atomic mass is 9.97. The molecule has 0 spiro atoms. The molecule has 1 saturated heterocycles. The van der Waals surface area contributed by atoms with Crippen LogP contribution in [0.3, 0.4) is 0 Å². The van der Waals surface area contributed by atoms with E-state index in [0.29, 0.717) is 22.6 Å². The Labute approximate surface area is 94.3 Å². The van der Waals surface area contributed by atoms with Crippen LogP contribution in [-0.4, -0.2) is 20.8 Å². The Bertz CT molecular complexity index is 364. The van der Waals surface area contributed by atoms with E-state index in [2.05, 4.69) is 5.32 Å². The van der Waals surface area contributed by atoms with E-state index >= 15 is 0 Å². The molecule has 0 amide bonds. The van der Waals surface area contributed by atoms with Crippen LogP contribution in [0.25, 0.3) is 0 Å². The van der Waals surface area contributed by atoms with Gasteiger partial charge in [0.1, 0.15) is 0 Å². The van der Waals surface area contributed by atoms with Crippen LogP contribution >= 0.6 is 11.6 Å². The van der Waals surface area contributed by atoms with Crippen molar-refractivity contribution in [1.82, 2.24) is 5.32 Å². The Kier molecular flexibility index (Phi) is 3.03. The number of rotatable bonds is 3. The van der Waals surface area contributed by atoms with E-state index in [-0.39, 0.29) is 0 Å². The fraction of sp³-hybridized carbons (Fsp3) is 0.455. The summed E-state index contributed by atoms with van der Waals surface area (Å²) in [6.07, 6.45) is 1.12. The Balaban J connectivity index is 2.40. The van der Waals surface area contributed by atoms with E-state index in [1.54, 1.807) is 14.2 Å². The Morgan fingerprint density at radius 1 is 1.33 bits per heavy atom. The lowest BCUT2D eigenvalue weighted by Crippen LogP contribution is -2.35. The molecule has 3 nitrogen and oxygen atoms in total. The summed E-state index contributed by atoms with van der Waals surface area (Å²) in [7, 11) is 3.21. The van der Waals surface area contributed by atoms with E-state index in [0.717, 1.165) is 18.5 Å². The van der Waals surface area contributed by atoms with E-state index in [4.69, 9.17) is 21.1 Å². The summed E-state index contributed by atoms with van der Waals surface area (Å²) in [5, 5.41) is 3.96. The first-order valence-electron chi connectivity index (χ1n) is 4.91. The van der Waals surface area contributed by atoms with Crippen molar-refractivity contribution in [2.24, 2.45) is 0 Å². The molecule has 1 fully saturated rings. The average Bonchev–Trinajstić information content (AvgIpc) is 2.18. The van der Waals surface area contributed by atoms with Crippen molar-refractivity contribution in [3.8, 4) is 11.5 Å². The quantitative estimate of drug-likeness (QED) is 0.860. The van der Waals surface area contributed by atoms with Gasteiger partial charge in [0.15, 0.2) is 11.5 Å². The summed E-state index contributed by atoms with van der Waals surface area (Å²) in [5.41, 5.74) is 1.08. The van der Waals surface area contributed by atoms with Crippen molar-refractivity contribution in [2.45, 2.75) is 12.5 Å². The van der Waals surface area contributed by atoms with Gasteiger partial charge in [-0.15, -0.1) is 0 Å². The fourth-order valence-corrected chi connectivity index (χ4v) is 2.09. The Morgan fingerprint density at radius 3 is 2.53 bits per heavy atom. The van der Waals surface area contributed by atoms with Gasteiger partial charge in [-0.25, -0.2) is 0 Å². The number of hydrogen-bond donors (Lipinski definition) is 1. The zero-order valence-corrected chi connectivity index (χ0v) is 9.60. The van der Waals surface area contributed by atoms with Gasteiger partial charge in [0, 0.05) is 6.04 Å². The zero-order valence-electron chi connectivity index (χ0n) is 8.84. The first-order valence-corrected chi connectivity index (χ1v) is 5.29. The summed E-state index contributed by atoms with van der Waals surface area (Å²) in [5.74, 6) is 1.29. The molecule has 1 aromatic rings. The molecule has 1 aliphatic rings. The minimum atomic E-state index is 0.359. The molecule has 0 aromatic heterocycles. The number of ether oxygens (including phenoxy) is 2. The van der Waals surface area contributed by atoms with Crippen molar-refractivity contribution < 1.29 is 9.47 Å². The molecule has 1 N–H and O–H groups in total. The summed E-state index contributed by atoms with van der Waals surface area (Å²) >= 11 is 6.26. The van der Waals surface area contributed by atoms with E-state index < -0.39 is 0 Å². The van der Waals surface area contributed by atoms with Gasteiger partial charge in [-0.3, -0.25) is 0 Å². The predicted molar refractivity (Wildman–Crippen MR) is 59.9 cm³/mol. The maximum absolute atomic E-state index is 6.26. The van der Waals surface area contributed by atoms with Crippen molar-refractivity contribution >= 4 is 11.6 Å². The maximum atomic E-state index is 6.26. The first kappa shape index (κ1) is 10.6. The second-order valence-corrected chi connectivity index (χ2v) is 3.88. The topological polar surface area (TPSA) is 30.5 Å². The molecule has 0 radical (unpaired) electrons. The van der Waals surface area contributed by atoms with Crippen LogP contribution in [0.4, 0.5) is 0 Å². The zero-order chi connectivity index (χ0) is 10.8. The van der Waals surface area contributed by atoms with Gasteiger partial charge in [-0.1, -0.05) is 17.7 Å². The SMILES string of the molecule is COc1ccc([C@H]2CCN2)c(Cl)c1OC. The molecule has 15 heavy (non-hydrogen) atoms. The predicted octanol–water partition coefficient (Wildman–Crippen LogP) is 2.39. The first-order chi connectivity index (χ1) is 7.27. The molecular formula is C11H14ClNO2. The second-order valence-electron chi connectivity index (χ2n) is 3.50. The van der Waals surface area contributed by atoms with Crippen LogP contribution < -0.4 is 14.8 Å². The molecule has 0 aliphatic carbocycles. The molecule has 1 aromatic carbocycles. The van der Waals surface area contributed by atoms with Crippen LogP contribution in [0.2, 0.25) is 5.02 Å². The highest BCUT2D eigenvalue weighted by atomic mass is 35.5. The van der Waals surface area contributed by atoms with E-state index in [1.807, 2.05) is 12.1 Å². The highest BCUT2D eigenvalue weighted by Crippen LogP contribution is 2.41. The highest BCUT2D eigenvalue weighted by molar-refractivity contribution is 6.33. The molecule has 1 atom stereocenters. The molecule has 1 heterocycles. The van der Waals surface area contributed by atoms with Crippen LogP contribution in [0.1, 0.15) is 18.0 Å². The van der Waals surface area contributed by atoms with Gasteiger partial charge < -0.3 is 14.8 Å². The minimum Gasteiger partial charge on any atom is -0.493 e. The molecule has 0 unspecified atom stereocenters. The highest BCUT2D eigenvalue weighted by Gasteiger charge is 2.24. The smallest absolute Gasteiger partial charge is 0.179 e. The van der Waals surface area contributed by atoms with E-state index in [9.17, 15) is 0 Å². The summed E-state index contributed by atoms with van der Waals surface area (Å²) in [6, 6.07) is 4.23. The molecule has 0 bridgehead atoms. The van der Waals surface area contributed by atoms with Gasteiger partial charge in [-0.05, 0) is 24.6 Å². The van der Waals surface area contributed by atoms with Crippen molar-refractivity contribution in [3.63, 3.8) is 0 Å². The molecular weight excluding hydrogens is 214 g/mol. The number of benzene rings is 1. The van der Waals surface area contributed by atoms with Crippen molar-refractivity contribution in [2.75, 3.05) is 20.8 Å². The largest absolute Gasteiger partial charge is 0.493 e. The lowest BCUT2D eigenvalue weighted by molar-refractivity contribution is 0.349. The van der Waals surface area contributed by atoms with Gasteiger partial charge in [0.25, 0.3) is 0 Å². The van der Waals surface area contributed by atoms with Crippen molar-refractivity contribution in [1.29, 1.82) is 0 Å². The molecule has 1 aliphatic heterocycles. The van der Waals surface area contributed by atoms with Gasteiger partial charge in [0.2, 0.25) is 0 Å². The van der Waals surface area contributed by atoms with Gasteiger partial charge in [0.05, 0.1) is 19.2 Å². The molecule has 0 saturated carbocycles. The van der Waals surface area contributed by atoms with Crippen LogP contribution in [0.15, 0.2) is 12.1 Å². The summed E-state index contributed by atoms with van der Waals surface area (Å²) < 4.78 is 10.4. The normalized spacial score (nSPS) is 19.5. The van der Waals surface area contributed by atoms with Gasteiger partial charge in [-0.2, -0.15) is 0 Å². The molecule has 4 heteroatoms. The van der Waals surface area contributed by atoms with Crippen LogP contribution in [0, 0.1) is 0 Å². The summed E-state index contributed by atoms with van der Waals surface area (Å²) in [6.45, 7) is 1.05. The summed E-state index contributed by atoms with van der Waals surface area (Å²) in [4.78, 5) is 0. The minimum absolute atomic E-state index is 0.359. The Hall–Kier alpha value is -0.930. The molecule has 2 rings (SSSR count). The number of nitrogens with one attached hydrogen (secondary N) is 1. The third-order valence-electron chi connectivity index (χ3n) is 2.71. The number of methoxy groups -OCH3 is 2. The van der Waals surface area contributed by atoms with Crippen molar-refractivity contribution in [3.05, 3.63) is 22.7 Å². The van der Waals surface area contributed by atoms with Crippen LogP contribution in [0.5, 0.6) is 11.5 Å². The van der Waals surface area contributed by atoms with Gasteiger partial charge >= 0.3 is 0 Å². The second kappa shape index (κ2) is 4.29. The number of halogens is 1. The van der Waals surface area contributed by atoms with E-state index in [1.165, 1.54) is 0 Å². The average molecular weight is 228 g/mol. The lowest BCUT2D eigenvalue weighted by Gasteiger charge is -2.29. The third kappa shape index (κ3) is 1.77. The standard InChI is InChI=1S/C11H14ClNO2/c1-14-9-4-3-7(8-5-6-13-8)10(12)11(9)15-2/h3-4,8,13H,5-6H2,1-2H3/t8-/m1/s1. The van der Waals surface area contributed by atoms with Crippen LogP contribution in [-0.2, 0) is 0 Å². The fourth-order valence-electron chi connectivity index (χ4n) is 1.73.